The summed E-state index contributed by atoms with van der Waals surface area (Å²) in [6, 6.07) is 1.94. The Bertz CT molecular complexity index is 568. The summed E-state index contributed by atoms with van der Waals surface area (Å²) >= 11 is 0. The Kier molecular flexibility index (Phi) is 3.89. The van der Waals surface area contributed by atoms with E-state index in [0.717, 1.165) is 6.92 Å². The number of allylic oxidation sites excluding steroid dienone is 8. The van der Waals surface area contributed by atoms with Crippen molar-refractivity contribution in [1.29, 1.82) is 5.26 Å². The highest BCUT2D eigenvalue weighted by Crippen LogP contribution is 2.38. The number of nitriles is 1. The fraction of sp³-hybridized carbons (Fsp3) is 0.438. The van der Waals surface area contributed by atoms with Crippen LogP contribution in [0.15, 0.2) is 46.9 Å². The normalized spacial score (nSPS) is 27.0. The Balaban J connectivity index is 2.37. The highest BCUT2D eigenvalue weighted by molar-refractivity contribution is 5.53. The Morgan fingerprint density at radius 3 is 2.55 bits per heavy atom. The van der Waals surface area contributed by atoms with E-state index < -0.39 is 11.8 Å². The van der Waals surface area contributed by atoms with E-state index in [1.807, 2.05) is 12.1 Å². The molecular weight excluding hydrogens is 263 g/mol. The molecule has 2 atom stereocenters. The summed E-state index contributed by atoms with van der Waals surface area (Å²) in [4.78, 5) is 0. The molecule has 0 fully saturated rings. The van der Waals surface area contributed by atoms with Crippen molar-refractivity contribution < 1.29 is 13.2 Å². The van der Waals surface area contributed by atoms with E-state index in [1.54, 1.807) is 13.0 Å². The molecule has 0 radical (unpaired) electrons. The first-order valence-corrected chi connectivity index (χ1v) is 6.59. The van der Waals surface area contributed by atoms with Gasteiger partial charge in [-0.25, -0.2) is 13.2 Å². The second kappa shape index (κ2) is 5.32. The van der Waals surface area contributed by atoms with Crippen LogP contribution in [-0.2, 0) is 0 Å². The number of hydrogen-bond acceptors (Lipinski definition) is 1. The van der Waals surface area contributed by atoms with Gasteiger partial charge < -0.3 is 0 Å². The molecule has 2 aliphatic carbocycles. The van der Waals surface area contributed by atoms with Gasteiger partial charge >= 0.3 is 0 Å². The fourth-order valence-electron chi connectivity index (χ4n) is 2.36. The molecule has 2 rings (SSSR count). The molecule has 0 saturated heterocycles. The van der Waals surface area contributed by atoms with Crippen molar-refractivity contribution >= 4 is 0 Å². The molecule has 2 aliphatic rings. The van der Waals surface area contributed by atoms with E-state index in [1.165, 1.54) is 12.2 Å². The lowest BCUT2D eigenvalue weighted by atomic mass is 9.83. The number of halogens is 3. The molecule has 0 aromatic carbocycles. The van der Waals surface area contributed by atoms with E-state index in [2.05, 4.69) is 0 Å². The molecule has 0 saturated carbocycles. The molecule has 0 aromatic rings. The molecule has 0 bridgehead atoms. The van der Waals surface area contributed by atoms with Crippen LogP contribution in [0.25, 0.3) is 0 Å². The summed E-state index contributed by atoms with van der Waals surface area (Å²) in [6.45, 7) is 2.62. The first kappa shape index (κ1) is 14.6. The predicted molar refractivity (Wildman–Crippen MR) is 71.6 cm³/mol. The molecular formula is C16H16F3N. The maximum atomic E-state index is 13.7. The average Bonchev–Trinajstić information content (AvgIpc) is 2.40. The van der Waals surface area contributed by atoms with Crippen molar-refractivity contribution in [2.75, 3.05) is 0 Å². The first-order valence-electron chi connectivity index (χ1n) is 6.59. The predicted octanol–water partition coefficient (Wildman–Crippen LogP) is 4.86. The molecule has 0 spiro atoms. The monoisotopic (exact) mass is 279 g/mol. The van der Waals surface area contributed by atoms with E-state index in [9.17, 15) is 13.2 Å². The van der Waals surface area contributed by atoms with E-state index in [0.29, 0.717) is 23.1 Å². The number of nitrogens with zero attached hydrogens (tertiary/aromatic N) is 1. The van der Waals surface area contributed by atoms with Crippen LogP contribution in [0.3, 0.4) is 0 Å². The Morgan fingerprint density at radius 1 is 1.30 bits per heavy atom. The lowest BCUT2D eigenvalue weighted by Crippen LogP contribution is -2.25. The summed E-state index contributed by atoms with van der Waals surface area (Å²) < 4.78 is 40.7. The molecule has 0 aromatic heterocycles. The van der Waals surface area contributed by atoms with Gasteiger partial charge in [0.1, 0.15) is 5.83 Å². The van der Waals surface area contributed by atoms with Gasteiger partial charge in [0.15, 0.2) is 0 Å². The van der Waals surface area contributed by atoms with Crippen LogP contribution in [0, 0.1) is 23.2 Å². The molecule has 0 heterocycles. The van der Waals surface area contributed by atoms with Crippen molar-refractivity contribution in [2.24, 2.45) is 11.8 Å². The molecule has 2 unspecified atom stereocenters. The van der Waals surface area contributed by atoms with Crippen LogP contribution in [0.1, 0.15) is 26.7 Å². The fourth-order valence-corrected chi connectivity index (χ4v) is 2.36. The second-order valence-corrected chi connectivity index (χ2v) is 5.50. The third-order valence-corrected chi connectivity index (χ3v) is 3.73. The topological polar surface area (TPSA) is 23.8 Å². The van der Waals surface area contributed by atoms with Crippen molar-refractivity contribution in [2.45, 2.75) is 32.6 Å². The first-order chi connectivity index (χ1) is 9.31. The van der Waals surface area contributed by atoms with Crippen LogP contribution >= 0.6 is 0 Å². The standard InChI is InChI=1S/C16H16F3N/c1-10-3-4-12(8-15(10)17)13-5-11(9-20)6-14(7-13)16(2,18)19/h4-5,7-8,10,14H,3,6H2,1-2H3. The third-order valence-electron chi connectivity index (χ3n) is 3.73. The zero-order valence-corrected chi connectivity index (χ0v) is 11.5. The van der Waals surface area contributed by atoms with Gasteiger partial charge in [0.25, 0.3) is 5.92 Å². The maximum Gasteiger partial charge on any atom is 0.251 e. The van der Waals surface area contributed by atoms with Crippen LogP contribution in [-0.4, -0.2) is 5.92 Å². The zero-order chi connectivity index (χ0) is 14.9. The summed E-state index contributed by atoms with van der Waals surface area (Å²) in [5.74, 6) is -4.34. The number of hydrogen-bond donors (Lipinski definition) is 0. The van der Waals surface area contributed by atoms with Gasteiger partial charge in [-0.3, -0.25) is 0 Å². The summed E-state index contributed by atoms with van der Waals surface area (Å²) in [5, 5.41) is 8.99. The van der Waals surface area contributed by atoms with Crippen molar-refractivity contribution in [3.8, 4) is 6.07 Å². The van der Waals surface area contributed by atoms with Gasteiger partial charge in [-0.1, -0.05) is 19.1 Å². The quantitative estimate of drug-likeness (QED) is 0.708. The third kappa shape index (κ3) is 3.04. The van der Waals surface area contributed by atoms with Gasteiger partial charge in [0, 0.05) is 17.4 Å². The number of alkyl halides is 2. The Morgan fingerprint density at radius 2 is 2.00 bits per heavy atom. The number of rotatable bonds is 2. The minimum absolute atomic E-state index is 0.0272. The van der Waals surface area contributed by atoms with Crippen LogP contribution in [0.5, 0.6) is 0 Å². The Labute approximate surface area is 116 Å². The SMILES string of the molecule is CC1CC=C(C2=CC(C(C)(F)F)CC(C#N)=C2)C=C1F. The molecule has 106 valence electrons. The Hall–Kier alpha value is -1.76. The minimum Gasteiger partial charge on any atom is -0.211 e. The highest BCUT2D eigenvalue weighted by atomic mass is 19.3. The van der Waals surface area contributed by atoms with Crippen LogP contribution in [0.2, 0.25) is 0 Å². The molecule has 4 heteroatoms. The minimum atomic E-state index is -2.90. The van der Waals surface area contributed by atoms with Crippen molar-refractivity contribution in [3.05, 3.63) is 46.9 Å². The van der Waals surface area contributed by atoms with Crippen molar-refractivity contribution in [1.82, 2.24) is 0 Å². The summed E-state index contributed by atoms with van der Waals surface area (Å²) in [6.07, 6.45) is 6.81. The molecule has 0 N–H and O–H groups in total. The van der Waals surface area contributed by atoms with Crippen LogP contribution in [0.4, 0.5) is 13.2 Å². The van der Waals surface area contributed by atoms with E-state index in [-0.39, 0.29) is 18.2 Å². The van der Waals surface area contributed by atoms with Gasteiger partial charge in [0.2, 0.25) is 0 Å². The lowest BCUT2D eigenvalue weighted by Gasteiger charge is -2.25. The smallest absolute Gasteiger partial charge is 0.211 e. The maximum absolute atomic E-state index is 13.7. The molecule has 1 nitrogen and oxygen atoms in total. The molecule has 0 aliphatic heterocycles. The second-order valence-electron chi connectivity index (χ2n) is 5.50. The highest BCUT2D eigenvalue weighted by Gasteiger charge is 2.35. The van der Waals surface area contributed by atoms with Crippen LogP contribution < -0.4 is 0 Å². The molecule has 0 amide bonds. The molecule has 20 heavy (non-hydrogen) atoms. The summed E-state index contributed by atoms with van der Waals surface area (Å²) in [7, 11) is 0. The van der Waals surface area contributed by atoms with Gasteiger partial charge in [-0.15, -0.1) is 0 Å². The summed E-state index contributed by atoms with van der Waals surface area (Å²) in [5.41, 5.74) is 1.41. The van der Waals surface area contributed by atoms with Gasteiger partial charge in [-0.05, 0) is 43.1 Å². The van der Waals surface area contributed by atoms with Crippen molar-refractivity contribution in [3.63, 3.8) is 0 Å². The van der Waals surface area contributed by atoms with Gasteiger partial charge in [-0.2, -0.15) is 5.26 Å². The van der Waals surface area contributed by atoms with E-state index in [4.69, 9.17) is 5.26 Å². The van der Waals surface area contributed by atoms with Gasteiger partial charge in [0.05, 0.1) is 6.07 Å². The largest absolute Gasteiger partial charge is 0.251 e. The lowest BCUT2D eigenvalue weighted by molar-refractivity contribution is -0.0209. The average molecular weight is 279 g/mol. The van der Waals surface area contributed by atoms with E-state index >= 15 is 0 Å². The zero-order valence-electron chi connectivity index (χ0n) is 11.5.